The highest BCUT2D eigenvalue weighted by Gasteiger charge is 2.54. The Morgan fingerprint density at radius 1 is 1.20 bits per heavy atom. The lowest BCUT2D eigenvalue weighted by Gasteiger charge is -2.31. The second-order valence-corrected chi connectivity index (χ2v) is 9.24. The summed E-state index contributed by atoms with van der Waals surface area (Å²) >= 11 is 0. The van der Waals surface area contributed by atoms with Gasteiger partial charge in [0.1, 0.15) is 11.6 Å². The fraction of sp³-hybridized carbons (Fsp3) is 0.370. The topological polar surface area (TPSA) is 83.7 Å². The van der Waals surface area contributed by atoms with Crippen LogP contribution in [0.3, 0.4) is 0 Å². The first kappa shape index (κ1) is 23.2. The number of esters is 1. The number of carbonyl (C=O) groups is 1. The number of hydrogen-bond acceptors (Lipinski definition) is 7. The smallest absolute Gasteiger partial charge is 0.309 e. The monoisotopic (exact) mass is 478 g/mol. The van der Waals surface area contributed by atoms with Crippen LogP contribution in [0.1, 0.15) is 43.7 Å². The summed E-state index contributed by atoms with van der Waals surface area (Å²) in [5.74, 6) is -0.106. The van der Waals surface area contributed by atoms with Gasteiger partial charge in [0.05, 0.1) is 31.3 Å². The summed E-state index contributed by atoms with van der Waals surface area (Å²) in [5, 5.41) is 3.95. The molecule has 0 radical (unpaired) electrons. The van der Waals surface area contributed by atoms with Crippen molar-refractivity contribution in [2.45, 2.75) is 44.3 Å². The van der Waals surface area contributed by atoms with Crippen LogP contribution < -0.4 is 4.74 Å². The van der Waals surface area contributed by atoms with Gasteiger partial charge in [-0.2, -0.15) is 4.98 Å². The molecule has 7 nitrogen and oxygen atoms in total. The molecule has 0 N–H and O–H groups in total. The summed E-state index contributed by atoms with van der Waals surface area (Å²) in [6.45, 7) is 4.29. The van der Waals surface area contributed by atoms with Gasteiger partial charge in [-0.15, -0.1) is 0 Å². The summed E-state index contributed by atoms with van der Waals surface area (Å²) in [6, 6.07) is 12.0. The van der Waals surface area contributed by atoms with E-state index >= 15 is 0 Å². The minimum atomic E-state index is -0.719. The Kier molecular flexibility index (Phi) is 6.15. The summed E-state index contributed by atoms with van der Waals surface area (Å²) in [5.41, 5.74) is 2.74. The molecule has 0 bridgehead atoms. The van der Waals surface area contributed by atoms with Crippen molar-refractivity contribution in [2.75, 3.05) is 13.7 Å². The first-order valence-electron chi connectivity index (χ1n) is 11.7. The van der Waals surface area contributed by atoms with Gasteiger partial charge in [-0.25, -0.2) is 4.39 Å². The number of carbonyl (C=O) groups excluding carboxylic acids is 1. The SMILES string of the molecule is COC(=O)[C@H]1CC[C@@]2(C=C(c3cc(-c4ncon4)ccc3OC(C)C)CO2)[C@@H]1c1ccc(F)cc1. The van der Waals surface area contributed by atoms with Gasteiger partial charge < -0.3 is 18.7 Å². The average Bonchev–Trinajstić information content (AvgIpc) is 3.60. The lowest BCUT2D eigenvalue weighted by atomic mass is 9.79. The van der Waals surface area contributed by atoms with E-state index in [2.05, 4.69) is 16.2 Å². The maximum atomic E-state index is 13.7. The number of ether oxygens (including phenoxy) is 3. The number of halogens is 1. The standard InChI is InChI=1S/C27H27FN2O5/c1-16(2)35-23-9-6-18(25-29-15-34-30-25)12-22(23)19-13-27(33-14-19)11-10-21(26(31)32-3)24(27)17-4-7-20(28)8-5-17/h4-9,12-13,15-16,21,24H,10-11,14H2,1-3H3/t21-,24+,27+/m0/s1. The van der Waals surface area contributed by atoms with Crippen LogP contribution in [0, 0.1) is 11.7 Å². The zero-order valence-electron chi connectivity index (χ0n) is 19.9. The molecule has 3 atom stereocenters. The average molecular weight is 479 g/mol. The molecule has 2 aromatic carbocycles. The fourth-order valence-corrected chi connectivity index (χ4v) is 5.28. The van der Waals surface area contributed by atoms with E-state index in [4.69, 9.17) is 18.7 Å². The van der Waals surface area contributed by atoms with E-state index in [0.717, 1.165) is 28.0 Å². The Morgan fingerprint density at radius 2 is 2.00 bits per heavy atom. The molecule has 8 heteroatoms. The molecule has 182 valence electrons. The highest BCUT2D eigenvalue weighted by molar-refractivity contribution is 5.79. The molecule has 1 spiro atoms. The highest BCUT2D eigenvalue weighted by Crippen LogP contribution is 2.54. The fourth-order valence-electron chi connectivity index (χ4n) is 5.28. The molecule has 0 unspecified atom stereocenters. The Hall–Kier alpha value is -3.52. The van der Waals surface area contributed by atoms with E-state index in [1.165, 1.54) is 25.6 Å². The lowest BCUT2D eigenvalue weighted by Crippen LogP contribution is -2.34. The van der Waals surface area contributed by atoms with Crippen molar-refractivity contribution in [3.63, 3.8) is 0 Å². The molecular weight excluding hydrogens is 451 g/mol. The van der Waals surface area contributed by atoms with E-state index in [9.17, 15) is 9.18 Å². The summed E-state index contributed by atoms with van der Waals surface area (Å²) in [4.78, 5) is 16.9. The molecule has 0 amide bonds. The maximum Gasteiger partial charge on any atom is 0.309 e. The van der Waals surface area contributed by atoms with Crippen molar-refractivity contribution in [1.29, 1.82) is 0 Å². The van der Waals surface area contributed by atoms with Crippen molar-refractivity contribution < 1.29 is 27.9 Å². The third-order valence-corrected chi connectivity index (χ3v) is 6.73. The predicted molar refractivity (Wildman–Crippen MR) is 126 cm³/mol. The Bertz CT molecular complexity index is 1240. The molecule has 1 aliphatic heterocycles. The van der Waals surface area contributed by atoms with Crippen LogP contribution in [0.25, 0.3) is 17.0 Å². The van der Waals surface area contributed by atoms with Crippen LogP contribution >= 0.6 is 0 Å². The number of hydrogen-bond donors (Lipinski definition) is 0. The van der Waals surface area contributed by atoms with E-state index < -0.39 is 11.5 Å². The van der Waals surface area contributed by atoms with Crippen LogP contribution in [0.5, 0.6) is 5.75 Å². The molecule has 35 heavy (non-hydrogen) atoms. The first-order chi connectivity index (χ1) is 16.9. The van der Waals surface area contributed by atoms with E-state index in [0.29, 0.717) is 25.3 Å². The maximum absolute atomic E-state index is 13.7. The highest BCUT2D eigenvalue weighted by atomic mass is 19.1. The second kappa shape index (κ2) is 9.26. The largest absolute Gasteiger partial charge is 0.490 e. The van der Waals surface area contributed by atoms with Gasteiger partial charge in [-0.3, -0.25) is 4.79 Å². The van der Waals surface area contributed by atoms with Gasteiger partial charge in [0, 0.05) is 17.0 Å². The Balaban J connectivity index is 1.59. The van der Waals surface area contributed by atoms with Crippen molar-refractivity contribution in [3.8, 4) is 17.1 Å². The molecule has 5 rings (SSSR count). The second-order valence-electron chi connectivity index (χ2n) is 9.24. The van der Waals surface area contributed by atoms with Crippen LogP contribution in [0.4, 0.5) is 4.39 Å². The van der Waals surface area contributed by atoms with Gasteiger partial charge in [-0.05, 0) is 74.2 Å². The van der Waals surface area contributed by atoms with E-state index in [1.807, 2.05) is 32.0 Å². The summed E-state index contributed by atoms with van der Waals surface area (Å²) < 4.78 is 36.3. The van der Waals surface area contributed by atoms with Crippen molar-refractivity contribution in [1.82, 2.24) is 10.1 Å². The number of nitrogens with zero attached hydrogens (tertiary/aromatic N) is 2. The third kappa shape index (κ3) is 4.34. The minimum Gasteiger partial charge on any atom is -0.490 e. The van der Waals surface area contributed by atoms with Gasteiger partial charge in [0.15, 0.2) is 0 Å². The van der Waals surface area contributed by atoms with Gasteiger partial charge >= 0.3 is 5.97 Å². The van der Waals surface area contributed by atoms with Crippen molar-refractivity contribution in [2.24, 2.45) is 5.92 Å². The number of aromatic nitrogens is 2. The zero-order valence-corrected chi connectivity index (χ0v) is 19.9. The molecule has 3 aromatic rings. The molecule has 1 saturated carbocycles. The third-order valence-electron chi connectivity index (χ3n) is 6.73. The minimum absolute atomic E-state index is 0.0243. The lowest BCUT2D eigenvalue weighted by molar-refractivity contribution is -0.146. The molecular formula is C27H27FN2O5. The van der Waals surface area contributed by atoms with Crippen molar-refractivity contribution in [3.05, 3.63) is 71.9 Å². The molecule has 1 aromatic heterocycles. The number of methoxy groups -OCH3 is 1. The van der Waals surface area contributed by atoms with Gasteiger partial charge in [0.25, 0.3) is 0 Å². The molecule has 2 aliphatic rings. The molecule has 1 aliphatic carbocycles. The summed E-state index contributed by atoms with van der Waals surface area (Å²) in [7, 11) is 1.39. The van der Waals surface area contributed by atoms with Crippen LogP contribution in [0.15, 0.2) is 59.5 Å². The zero-order chi connectivity index (χ0) is 24.6. The molecule has 2 heterocycles. The van der Waals surface area contributed by atoms with Crippen LogP contribution in [-0.2, 0) is 14.3 Å². The van der Waals surface area contributed by atoms with E-state index in [1.54, 1.807) is 12.1 Å². The first-order valence-corrected chi connectivity index (χ1v) is 11.7. The number of rotatable bonds is 6. The quantitative estimate of drug-likeness (QED) is 0.451. The number of benzene rings is 2. The van der Waals surface area contributed by atoms with Gasteiger partial charge in [-0.1, -0.05) is 17.3 Å². The molecule has 1 fully saturated rings. The van der Waals surface area contributed by atoms with Gasteiger partial charge in [0.2, 0.25) is 12.2 Å². The van der Waals surface area contributed by atoms with E-state index in [-0.39, 0.29) is 23.8 Å². The predicted octanol–water partition coefficient (Wildman–Crippen LogP) is 5.18. The summed E-state index contributed by atoms with van der Waals surface area (Å²) in [6.07, 6.45) is 4.62. The Labute approximate surface area is 202 Å². The van der Waals surface area contributed by atoms with Crippen molar-refractivity contribution >= 4 is 11.5 Å². The Morgan fingerprint density at radius 3 is 2.69 bits per heavy atom. The molecule has 0 saturated heterocycles. The van der Waals surface area contributed by atoms with Crippen LogP contribution in [-0.4, -0.2) is 41.5 Å². The van der Waals surface area contributed by atoms with Crippen LogP contribution in [0.2, 0.25) is 0 Å². The normalized spacial score (nSPS) is 23.6.